The molecule has 0 saturated heterocycles. The minimum atomic E-state index is -3.77. The van der Waals surface area contributed by atoms with E-state index in [1.54, 1.807) is 24.3 Å². The van der Waals surface area contributed by atoms with Crippen LogP contribution in [0.2, 0.25) is 10.0 Å². The molecule has 0 bridgehead atoms. The van der Waals surface area contributed by atoms with Gasteiger partial charge in [-0.15, -0.1) is 0 Å². The fraction of sp³-hybridized carbons (Fsp3) is 0.391. The highest BCUT2D eigenvalue weighted by Gasteiger charge is 2.50. The first-order valence-corrected chi connectivity index (χ1v) is 12.6. The lowest BCUT2D eigenvalue weighted by Crippen LogP contribution is -2.42. The first kappa shape index (κ1) is 23.1. The summed E-state index contributed by atoms with van der Waals surface area (Å²) in [6.07, 6.45) is 0.854. The summed E-state index contributed by atoms with van der Waals surface area (Å²) < 4.78 is 32.6. The van der Waals surface area contributed by atoms with Crippen molar-refractivity contribution in [3.8, 4) is 6.07 Å². The molecule has 32 heavy (non-hydrogen) atoms. The van der Waals surface area contributed by atoms with Crippen LogP contribution in [0.25, 0.3) is 0 Å². The van der Waals surface area contributed by atoms with E-state index in [0.29, 0.717) is 17.9 Å². The average molecular weight is 493 g/mol. The summed E-state index contributed by atoms with van der Waals surface area (Å²) in [6.45, 7) is 0.216. The number of rotatable bonds is 7. The van der Waals surface area contributed by atoms with Crippen LogP contribution in [-0.2, 0) is 26.0 Å². The topological polar surface area (TPSA) is 96.3 Å². The van der Waals surface area contributed by atoms with Crippen molar-refractivity contribution in [1.29, 1.82) is 5.26 Å². The van der Waals surface area contributed by atoms with E-state index in [1.165, 1.54) is 12.1 Å². The van der Waals surface area contributed by atoms with Crippen LogP contribution in [0.4, 0.5) is 0 Å². The molecular weight excluding hydrogens is 471 g/mol. The minimum Gasteiger partial charge on any atom is -0.373 e. The lowest BCUT2D eigenvalue weighted by atomic mass is 10.0. The lowest BCUT2D eigenvalue weighted by molar-refractivity contribution is -0.130. The Morgan fingerprint density at radius 2 is 1.81 bits per heavy atom. The van der Waals surface area contributed by atoms with Gasteiger partial charge in [-0.25, -0.2) is 8.42 Å². The van der Waals surface area contributed by atoms with Crippen LogP contribution in [0, 0.1) is 17.2 Å². The van der Waals surface area contributed by atoms with E-state index in [9.17, 15) is 18.5 Å². The van der Waals surface area contributed by atoms with Gasteiger partial charge in [-0.3, -0.25) is 4.79 Å². The average Bonchev–Trinajstić information content (AvgIpc) is 3.40. The lowest BCUT2D eigenvalue weighted by Gasteiger charge is -2.21. The molecule has 0 unspecified atom stereocenters. The molecule has 2 fully saturated rings. The quantitative estimate of drug-likeness (QED) is 0.621. The van der Waals surface area contributed by atoms with Crippen LogP contribution in [0.5, 0.6) is 0 Å². The Morgan fingerprint density at radius 3 is 2.44 bits per heavy atom. The van der Waals surface area contributed by atoms with Gasteiger partial charge in [0.25, 0.3) is 0 Å². The highest BCUT2D eigenvalue weighted by Crippen LogP contribution is 2.40. The zero-order valence-electron chi connectivity index (χ0n) is 17.1. The Bertz CT molecular complexity index is 1160. The number of carbonyl (C=O) groups excluding carboxylic acids is 1. The molecule has 0 heterocycles. The predicted molar refractivity (Wildman–Crippen MR) is 121 cm³/mol. The van der Waals surface area contributed by atoms with E-state index in [1.807, 2.05) is 12.1 Å². The molecule has 9 heteroatoms. The summed E-state index contributed by atoms with van der Waals surface area (Å²) in [5.74, 6) is -1.03. The molecule has 6 nitrogen and oxygen atoms in total. The summed E-state index contributed by atoms with van der Waals surface area (Å²) in [6, 6.07) is 15.6. The third-order valence-corrected chi connectivity index (χ3v) is 9.01. The molecule has 2 aromatic rings. The number of ether oxygens (including phenoxy) is 1. The minimum absolute atomic E-state index is 0.0554. The highest BCUT2D eigenvalue weighted by molar-refractivity contribution is 7.92. The first-order valence-electron chi connectivity index (χ1n) is 10.3. The molecule has 0 aromatic heterocycles. The van der Waals surface area contributed by atoms with Gasteiger partial charge in [0.1, 0.15) is 5.54 Å². The van der Waals surface area contributed by atoms with Crippen molar-refractivity contribution in [1.82, 2.24) is 5.32 Å². The molecule has 168 valence electrons. The number of hydrogen-bond donors (Lipinski definition) is 1. The van der Waals surface area contributed by atoms with E-state index in [4.69, 9.17) is 27.9 Å². The van der Waals surface area contributed by atoms with Gasteiger partial charge >= 0.3 is 0 Å². The van der Waals surface area contributed by atoms with Crippen LogP contribution in [0.15, 0.2) is 53.4 Å². The molecule has 0 radical (unpaired) electrons. The number of sulfone groups is 1. The van der Waals surface area contributed by atoms with Gasteiger partial charge in [0.2, 0.25) is 5.91 Å². The summed E-state index contributed by atoms with van der Waals surface area (Å²) in [4.78, 5) is 13.1. The largest absolute Gasteiger partial charge is 0.373 e. The second-order valence-corrected chi connectivity index (χ2v) is 11.4. The highest BCUT2D eigenvalue weighted by atomic mass is 35.5. The maximum absolute atomic E-state index is 13.3. The molecule has 2 aromatic carbocycles. The van der Waals surface area contributed by atoms with E-state index >= 15 is 0 Å². The molecule has 0 spiro atoms. The van der Waals surface area contributed by atoms with Gasteiger partial charge in [0, 0.05) is 5.02 Å². The van der Waals surface area contributed by atoms with E-state index in [2.05, 4.69) is 11.4 Å². The van der Waals surface area contributed by atoms with Gasteiger partial charge in [-0.1, -0.05) is 47.5 Å². The number of nitrogens with zero attached hydrogens (tertiary/aromatic N) is 1. The van der Waals surface area contributed by atoms with Crippen molar-refractivity contribution in [2.75, 3.05) is 0 Å². The van der Waals surface area contributed by atoms with Gasteiger partial charge in [-0.05, 0) is 55.5 Å². The number of nitriles is 1. The number of benzene rings is 2. The fourth-order valence-corrected chi connectivity index (χ4v) is 6.48. The number of halogens is 2. The smallest absolute Gasteiger partial charge is 0.227 e. The van der Waals surface area contributed by atoms with E-state index in [0.717, 1.165) is 5.56 Å². The van der Waals surface area contributed by atoms with Crippen LogP contribution in [0.1, 0.15) is 31.2 Å². The molecule has 2 saturated carbocycles. The normalized spacial score (nSPS) is 24.0. The number of amides is 1. The molecule has 0 aliphatic heterocycles. The van der Waals surface area contributed by atoms with Crippen molar-refractivity contribution in [2.45, 2.75) is 54.1 Å². The molecule has 2 aliphatic rings. The second kappa shape index (κ2) is 9.03. The SMILES string of the molecule is N#CC1(NC(=O)[C@@H]2C[C@@H](S(=O)(=O)c3ccccc3Cl)C[C@H]2OCc2ccc(Cl)cc2)CC1. The Hall–Kier alpha value is -2.11. The van der Waals surface area contributed by atoms with E-state index < -0.39 is 32.6 Å². The van der Waals surface area contributed by atoms with Crippen molar-refractivity contribution in [3.63, 3.8) is 0 Å². The Morgan fingerprint density at radius 1 is 1.12 bits per heavy atom. The molecule has 4 rings (SSSR count). The van der Waals surface area contributed by atoms with Crippen molar-refractivity contribution < 1.29 is 17.9 Å². The summed E-state index contributed by atoms with van der Waals surface area (Å²) in [5.41, 5.74) is 0.0268. The summed E-state index contributed by atoms with van der Waals surface area (Å²) in [5, 5.41) is 12.1. The number of hydrogen-bond acceptors (Lipinski definition) is 5. The fourth-order valence-electron chi connectivity index (χ4n) is 4.03. The van der Waals surface area contributed by atoms with Crippen molar-refractivity contribution in [3.05, 3.63) is 64.1 Å². The predicted octanol–water partition coefficient (Wildman–Crippen LogP) is 4.30. The van der Waals surface area contributed by atoms with Crippen LogP contribution < -0.4 is 5.32 Å². The van der Waals surface area contributed by atoms with Crippen molar-refractivity contribution in [2.24, 2.45) is 5.92 Å². The molecule has 1 N–H and O–H groups in total. The molecule has 3 atom stereocenters. The number of nitrogens with one attached hydrogen (secondary N) is 1. The first-order chi connectivity index (χ1) is 15.2. The zero-order valence-corrected chi connectivity index (χ0v) is 19.5. The molecule has 2 aliphatic carbocycles. The number of carbonyl (C=O) groups is 1. The molecular formula is C23H22Cl2N2O4S. The zero-order chi connectivity index (χ0) is 22.9. The maximum atomic E-state index is 13.3. The van der Waals surface area contributed by atoms with Crippen LogP contribution in [-0.4, -0.2) is 31.2 Å². The van der Waals surface area contributed by atoms with Crippen LogP contribution in [0.3, 0.4) is 0 Å². The van der Waals surface area contributed by atoms with Gasteiger partial charge in [0.05, 0.1) is 39.9 Å². The third-order valence-electron chi connectivity index (χ3n) is 6.08. The van der Waals surface area contributed by atoms with Crippen LogP contribution >= 0.6 is 23.2 Å². The van der Waals surface area contributed by atoms with Crippen molar-refractivity contribution >= 4 is 38.9 Å². The van der Waals surface area contributed by atoms with Gasteiger partial charge in [-0.2, -0.15) is 5.26 Å². The summed E-state index contributed by atoms with van der Waals surface area (Å²) in [7, 11) is -3.77. The monoisotopic (exact) mass is 492 g/mol. The Labute approximate surface area is 197 Å². The van der Waals surface area contributed by atoms with Gasteiger partial charge in [0.15, 0.2) is 9.84 Å². The standard InChI is InChI=1S/C23H22Cl2N2O4S/c24-16-7-5-15(6-8-16)13-31-20-12-17(32(29,30)21-4-2-1-3-19(21)25)11-18(20)22(28)27-23(14-26)9-10-23/h1-8,17-18,20H,9-13H2,(H,27,28)/t17-,18-,20-/m1/s1. The Balaban J connectivity index is 1.55. The summed E-state index contributed by atoms with van der Waals surface area (Å²) >= 11 is 12.1. The second-order valence-electron chi connectivity index (χ2n) is 8.33. The van der Waals surface area contributed by atoms with E-state index in [-0.39, 0.29) is 35.3 Å². The molecule has 1 amide bonds. The Kier molecular flexibility index (Phi) is 6.51. The van der Waals surface area contributed by atoms with Gasteiger partial charge < -0.3 is 10.1 Å². The third kappa shape index (κ3) is 4.79. The maximum Gasteiger partial charge on any atom is 0.227 e.